The van der Waals surface area contributed by atoms with Crippen molar-refractivity contribution in [2.75, 3.05) is 13.2 Å². The first-order valence-corrected chi connectivity index (χ1v) is 9.15. The molecule has 120 valence electrons. The van der Waals surface area contributed by atoms with Gasteiger partial charge in [0.25, 0.3) is 0 Å². The van der Waals surface area contributed by atoms with E-state index in [0.717, 1.165) is 5.39 Å². The second-order valence-corrected chi connectivity index (χ2v) is 7.48. The van der Waals surface area contributed by atoms with Gasteiger partial charge in [-0.25, -0.2) is 0 Å². The van der Waals surface area contributed by atoms with Crippen LogP contribution in [0.1, 0.15) is 19.4 Å². The predicted octanol–water partition coefficient (Wildman–Crippen LogP) is 5.92. The monoisotopic (exact) mass is 392 g/mol. The Morgan fingerprint density at radius 1 is 1.09 bits per heavy atom. The summed E-state index contributed by atoms with van der Waals surface area (Å²) in [6, 6.07) is 9.98. The van der Waals surface area contributed by atoms with Gasteiger partial charge in [-0.3, -0.25) is 4.57 Å². The van der Waals surface area contributed by atoms with Crippen molar-refractivity contribution in [3.8, 4) is 0 Å². The molecular formula is C15H16BrF2O3P. The lowest BCUT2D eigenvalue weighted by atomic mass is 10.1. The molecular weight excluding hydrogens is 377 g/mol. The van der Waals surface area contributed by atoms with Crippen LogP contribution >= 0.6 is 23.5 Å². The van der Waals surface area contributed by atoms with E-state index in [1.807, 2.05) is 12.1 Å². The number of halogens is 3. The molecule has 0 spiro atoms. The molecule has 0 aromatic heterocycles. The fourth-order valence-electron chi connectivity index (χ4n) is 2.13. The highest BCUT2D eigenvalue weighted by molar-refractivity contribution is 9.10. The summed E-state index contributed by atoms with van der Waals surface area (Å²) >= 11 is 3.14. The van der Waals surface area contributed by atoms with Crippen LogP contribution in [-0.4, -0.2) is 13.2 Å². The van der Waals surface area contributed by atoms with Crippen LogP contribution in [-0.2, 0) is 19.3 Å². The van der Waals surface area contributed by atoms with Crippen molar-refractivity contribution < 1.29 is 22.4 Å². The Bertz CT molecular complexity index is 711. The van der Waals surface area contributed by atoms with Crippen molar-refractivity contribution in [3.63, 3.8) is 0 Å². The molecule has 0 aliphatic rings. The minimum Gasteiger partial charge on any atom is -0.304 e. The zero-order valence-electron chi connectivity index (χ0n) is 12.2. The largest absolute Gasteiger partial charge is 0.404 e. The number of alkyl halides is 2. The fraction of sp³-hybridized carbons (Fsp3) is 0.333. The molecule has 22 heavy (non-hydrogen) atoms. The SMILES string of the molecule is CCOP(=O)(OCC)C(F)(F)c1cc2ccccc2cc1Br. The van der Waals surface area contributed by atoms with Crippen LogP contribution in [0.4, 0.5) is 8.78 Å². The van der Waals surface area contributed by atoms with Crippen molar-refractivity contribution in [2.45, 2.75) is 19.5 Å². The van der Waals surface area contributed by atoms with Crippen LogP contribution in [0.5, 0.6) is 0 Å². The van der Waals surface area contributed by atoms with E-state index in [1.54, 1.807) is 18.2 Å². The molecule has 0 aliphatic heterocycles. The Balaban J connectivity index is 2.61. The molecule has 0 heterocycles. The first kappa shape index (κ1) is 17.5. The summed E-state index contributed by atoms with van der Waals surface area (Å²) in [6.07, 6.45) is 0. The van der Waals surface area contributed by atoms with E-state index in [4.69, 9.17) is 9.05 Å². The van der Waals surface area contributed by atoms with Gasteiger partial charge in [0.2, 0.25) is 0 Å². The van der Waals surface area contributed by atoms with Crippen LogP contribution in [0.2, 0.25) is 0 Å². The summed E-state index contributed by atoms with van der Waals surface area (Å²) in [5.74, 6) is 0. The third-order valence-corrected chi connectivity index (χ3v) is 5.88. The third kappa shape index (κ3) is 3.11. The average molecular weight is 393 g/mol. The molecule has 0 radical (unpaired) electrons. The van der Waals surface area contributed by atoms with Gasteiger partial charge in [0.05, 0.1) is 13.2 Å². The predicted molar refractivity (Wildman–Crippen MR) is 86.4 cm³/mol. The summed E-state index contributed by atoms with van der Waals surface area (Å²) in [5, 5.41) is 1.43. The summed E-state index contributed by atoms with van der Waals surface area (Å²) in [5.41, 5.74) is -4.15. The molecule has 0 aliphatic carbocycles. The van der Waals surface area contributed by atoms with Crippen molar-refractivity contribution in [3.05, 3.63) is 46.4 Å². The van der Waals surface area contributed by atoms with E-state index in [1.165, 1.54) is 19.9 Å². The Labute approximate surface area is 136 Å². The minimum atomic E-state index is -4.61. The third-order valence-electron chi connectivity index (χ3n) is 3.10. The molecule has 0 unspecified atom stereocenters. The van der Waals surface area contributed by atoms with Crippen molar-refractivity contribution in [1.29, 1.82) is 0 Å². The first-order valence-electron chi connectivity index (χ1n) is 6.81. The molecule has 2 aromatic carbocycles. The van der Waals surface area contributed by atoms with Gasteiger partial charge in [-0.2, -0.15) is 8.78 Å². The highest BCUT2D eigenvalue weighted by Crippen LogP contribution is 2.67. The maximum atomic E-state index is 14.8. The molecule has 0 saturated carbocycles. The quantitative estimate of drug-likeness (QED) is 0.572. The number of fused-ring (bicyclic) bond motifs is 1. The maximum absolute atomic E-state index is 14.8. The van der Waals surface area contributed by atoms with E-state index in [0.29, 0.717) is 5.39 Å². The molecule has 3 nitrogen and oxygen atoms in total. The highest BCUT2D eigenvalue weighted by atomic mass is 79.9. The zero-order chi connectivity index (χ0) is 16.4. The standard InChI is InChI=1S/C15H16BrF2O3P/c1-3-20-22(19,21-4-2)15(17,18)13-9-11-7-5-6-8-12(11)10-14(13)16/h5-10H,3-4H2,1-2H3. The second-order valence-electron chi connectivity index (χ2n) is 4.55. The van der Waals surface area contributed by atoms with E-state index < -0.39 is 18.8 Å². The van der Waals surface area contributed by atoms with Crippen molar-refractivity contribution in [2.24, 2.45) is 0 Å². The van der Waals surface area contributed by atoms with Gasteiger partial charge in [0.15, 0.2) is 0 Å². The smallest absolute Gasteiger partial charge is 0.304 e. The van der Waals surface area contributed by atoms with Gasteiger partial charge >= 0.3 is 13.3 Å². The lowest BCUT2D eigenvalue weighted by Crippen LogP contribution is -2.19. The number of hydrogen-bond acceptors (Lipinski definition) is 3. The molecule has 7 heteroatoms. The topological polar surface area (TPSA) is 35.5 Å². The van der Waals surface area contributed by atoms with Gasteiger partial charge in [-0.15, -0.1) is 0 Å². The zero-order valence-corrected chi connectivity index (χ0v) is 14.7. The summed E-state index contributed by atoms with van der Waals surface area (Å²) < 4.78 is 52.0. The van der Waals surface area contributed by atoms with E-state index in [2.05, 4.69) is 15.9 Å². The van der Waals surface area contributed by atoms with Gasteiger partial charge in [0, 0.05) is 10.0 Å². The molecule has 0 N–H and O–H groups in total. The first-order chi connectivity index (χ1) is 10.4. The maximum Gasteiger partial charge on any atom is 0.404 e. The molecule has 0 amide bonds. The molecule has 0 saturated heterocycles. The fourth-order valence-corrected chi connectivity index (χ4v) is 4.45. The normalized spacial score (nSPS) is 12.8. The summed E-state index contributed by atoms with van der Waals surface area (Å²) in [4.78, 5) is 0. The second kappa shape index (κ2) is 6.75. The van der Waals surface area contributed by atoms with Crippen LogP contribution in [0.3, 0.4) is 0 Å². The van der Waals surface area contributed by atoms with Gasteiger partial charge in [-0.05, 0) is 36.8 Å². The Morgan fingerprint density at radius 3 is 2.09 bits per heavy atom. The van der Waals surface area contributed by atoms with E-state index in [9.17, 15) is 13.3 Å². The molecule has 0 bridgehead atoms. The van der Waals surface area contributed by atoms with Crippen molar-refractivity contribution >= 4 is 34.3 Å². The molecule has 2 rings (SSSR count). The van der Waals surface area contributed by atoms with Crippen molar-refractivity contribution in [1.82, 2.24) is 0 Å². The van der Waals surface area contributed by atoms with Crippen LogP contribution in [0.15, 0.2) is 40.9 Å². The average Bonchev–Trinajstić information content (AvgIpc) is 2.46. The summed E-state index contributed by atoms with van der Waals surface area (Å²) in [6.45, 7) is 2.74. The minimum absolute atomic E-state index is 0.127. The highest BCUT2D eigenvalue weighted by Gasteiger charge is 2.55. The van der Waals surface area contributed by atoms with E-state index in [-0.39, 0.29) is 17.7 Å². The van der Waals surface area contributed by atoms with Gasteiger partial charge in [-0.1, -0.05) is 40.2 Å². The van der Waals surface area contributed by atoms with Crippen LogP contribution in [0, 0.1) is 0 Å². The molecule has 0 atom stereocenters. The Kier molecular flexibility index (Phi) is 5.38. The molecule has 0 fully saturated rings. The number of benzene rings is 2. The van der Waals surface area contributed by atoms with Crippen LogP contribution < -0.4 is 0 Å². The lowest BCUT2D eigenvalue weighted by molar-refractivity contribution is 0.0356. The van der Waals surface area contributed by atoms with Crippen LogP contribution in [0.25, 0.3) is 10.8 Å². The Hall–Kier alpha value is -0.810. The number of rotatable bonds is 6. The molecule has 2 aromatic rings. The Morgan fingerprint density at radius 2 is 1.59 bits per heavy atom. The number of hydrogen-bond donors (Lipinski definition) is 0. The van der Waals surface area contributed by atoms with Gasteiger partial charge < -0.3 is 9.05 Å². The van der Waals surface area contributed by atoms with E-state index >= 15 is 0 Å². The summed E-state index contributed by atoms with van der Waals surface area (Å²) in [7, 11) is -4.61. The van der Waals surface area contributed by atoms with Gasteiger partial charge in [0.1, 0.15) is 0 Å². The lowest BCUT2D eigenvalue weighted by Gasteiger charge is -2.27.